The maximum absolute atomic E-state index is 11.6. The van der Waals surface area contributed by atoms with Crippen LogP contribution in [-0.4, -0.2) is 37.5 Å². The molecular weight excluding hydrogens is 447 g/mol. The van der Waals surface area contributed by atoms with Gasteiger partial charge in [0.1, 0.15) is 0 Å². The molecule has 1 unspecified atom stereocenters. The van der Waals surface area contributed by atoms with E-state index in [4.69, 9.17) is 0 Å². The van der Waals surface area contributed by atoms with Crippen LogP contribution in [0.1, 0.15) is 44.4 Å². The third-order valence-electron chi connectivity index (χ3n) is 3.85. The normalized spacial score (nSPS) is 15.2. The maximum Gasteiger partial charge on any atom is 0.220 e. The molecule has 1 saturated carbocycles. The molecule has 0 aromatic carbocycles. The molecule has 1 aromatic rings. The average molecular weight is 478 g/mol. The Labute approximate surface area is 172 Å². The van der Waals surface area contributed by atoms with Crippen molar-refractivity contribution in [1.82, 2.24) is 16.0 Å². The molecule has 0 radical (unpaired) electrons. The van der Waals surface area contributed by atoms with E-state index in [1.807, 2.05) is 0 Å². The molecule has 0 aliphatic heterocycles. The topological polar surface area (TPSA) is 65.5 Å². The van der Waals surface area contributed by atoms with Gasteiger partial charge in [0.2, 0.25) is 5.91 Å². The van der Waals surface area contributed by atoms with Gasteiger partial charge in [-0.25, -0.2) is 0 Å². The van der Waals surface area contributed by atoms with Crippen molar-refractivity contribution in [2.24, 2.45) is 10.9 Å². The SMILES string of the molecule is CCNC(=NCC(C)Cc1cccs1)NCCCC(=O)NC1CC1.I. The number of guanidine groups is 1. The van der Waals surface area contributed by atoms with Crippen molar-refractivity contribution in [1.29, 1.82) is 0 Å². The van der Waals surface area contributed by atoms with Gasteiger partial charge in [0.25, 0.3) is 0 Å². The summed E-state index contributed by atoms with van der Waals surface area (Å²) < 4.78 is 0. The minimum Gasteiger partial charge on any atom is -0.357 e. The molecule has 25 heavy (non-hydrogen) atoms. The molecule has 5 nitrogen and oxygen atoms in total. The van der Waals surface area contributed by atoms with E-state index >= 15 is 0 Å². The zero-order chi connectivity index (χ0) is 17.2. The fourth-order valence-corrected chi connectivity index (χ4v) is 3.28. The molecule has 2 rings (SSSR count). The summed E-state index contributed by atoms with van der Waals surface area (Å²) in [5.41, 5.74) is 0. The summed E-state index contributed by atoms with van der Waals surface area (Å²) in [6.07, 6.45) is 4.77. The van der Waals surface area contributed by atoms with Gasteiger partial charge in [-0.05, 0) is 50.0 Å². The van der Waals surface area contributed by atoms with Gasteiger partial charge in [0, 0.05) is 37.0 Å². The Bertz CT molecular complexity index is 517. The van der Waals surface area contributed by atoms with Crippen LogP contribution in [0.5, 0.6) is 0 Å². The van der Waals surface area contributed by atoms with E-state index in [0.29, 0.717) is 18.4 Å². The van der Waals surface area contributed by atoms with Crippen molar-refractivity contribution in [2.75, 3.05) is 19.6 Å². The molecule has 1 fully saturated rings. The number of amides is 1. The molecule has 7 heteroatoms. The second-order valence-electron chi connectivity index (χ2n) is 6.48. The minimum atomic E-state index is 0. The largest absolute Gasteiger partial charge is 0.357 e. The van der Waals surface area contributed by atoms with Gasteiger partial charge < -0.3 is 16.0 Å². The average Bonchev–Trinajstić information content (AvgIpc) is 3.22. The van der Waals surface area contributed by atoms with Crippen LogP contribution < -0.4 is 16.0 Å². The number of carbonyl (C=O) groups is 1. The lowest BCUT2D eigenvalue weighted by Gasteiger charge is -2.13. The zero-order valence-electron chi connectivity index (χ0n) is 15.2. The first-order valence-electron chi connectivity index (χ1n) is 9.01. The predicted molar refractivity (Wildman–Crippen MR) is 117 cm³/mol. The Hall–Kier alpha value is -0.830. The van der Waals surface area contributed by atoms with Crippen LogP contribution in [0.15, 0.2) is 22.5 Å². The van der Waals surface area contributed by atoms with E-state index in [0.717, 1.165) is 51.3 Å². The number of hydrogen-bond acceptors (Lipinski definition) is 3. The lowest BCUT2D eigenvalue weighted by Crippen LogP contribution is -2.38. The summed E-state index contributed by atoms with van der Waals surface area (Å²) in [4.78, 5) is 17.7. The number of hydrogen-bond donors (Lipinski definition) is 3. The summed E-state index contributed by atoms with van der Waals surface area (Å²) >= 11 is 1.81. The van der Waals surface area contributed by atoms with Crippen LogP contribution in [0.3, 0.4) is 0 Å². The number of rotatable bonds is 10. The molecule has 0 saturated heterocycles. The Morgan fingerprint density at radius 2 is 2.20 bits per heavy atom. The van der Waals surface area contributed by atoms with Crippen molar-refractivity contribution in [3.05, 3.63) is 22.4 Å². The minimum absolute atomic E-state index is 0. The summed E-state index contributed by atoms with van der Waals surface area (Å²) in [7, 11) is 0. The third-order valence-corrected chi connectivity index (χ3v) is 4.75. The first-order valence-corrected chi connectivity index (χ1v) is 9.89. The number of nitrogens with zero attached hydrogens (tertiary/aromatic N) is 1. The molecule has 0 bridgehead atoms. The lowest BCUT2D eigenvalue weighted by molar-refractivity contribution is -0.121. The van der Waals surface area contributed by atoms with Gasteiger partial charge in [-0.15, -0.1) is 35.3 Å². The van der Waals surface area contributed by atoms with E-state index in [2.05, 4.69) is 52.3 Å². The van der Waals surface area contributed by atoms with Crippen molar-refractivity contribution in [3.63, 3.8) is 0 Å². The van der Waals surface area contributed by atoms with Gasteiger partial charge in [0.15, 0.2) is 5.96 Å². The van der Waals surface area contributed by atoms with Crippen LogP contribution in [0.2, 0.25) is 0 Å². The van der Waals surface area contributed by atoms with E-state index < -0.39 is 0 Å². The maximum atomic E-state index is 11.6. The van der Waals surface area contributed by atoms with Crippen molar-refractivity contribution < 1.29 is 4.79 Å². The Kier molecular flexibility index (Phi) is 11.1. The van der Waals surface area contributed by atoms with Gasteiger partial charge in [-0.1, -0.05) is 13.0 Å². The second-order valence-corrected chi connectivity index (χ2v) is 7.51. The molecule has 0 spiro atoms. The quantitative estimate of drug-likeness (QED) is 0.210. The summed E-state index contributed by atoms with van der Waals surface area (Å²) in [5.74, 6) is 1.53. The highest BCUT2D eigenvalue weighted by atomic mass is 127. The second kappa shape index (κ2) is 12.5. The molecule has 1 heterocycles. The Morgan fingerprint density at radius 3 is 2.84 bits per heavy atom. The highest BCUT2D eigenvalue weighted by Crippen LogP contribution is 2.18. The molecule has 1 aliphatic carbocycles. The number of carbonyl (C=O) groups excluding carboxylic acids is 1. The Balaban J connectivity index is 0.00000312. The fourth-order valence-electron chi connectivity index (χ4n) is 2.41. The van der Waals surface area contributed by atoms with Gasteiger partial charge in [0.05, 0.1) is 0 Å². The number of nitrogens with one attached hydrogen (secondary N) is 3. The molecule has 1 amide bonds. The predicted octanol–water partition coefficient (Wildman–Crippen LogP) is 3.16. The molecule has 3 N–H and O–H groups in total. The highest BCUT2D eigenvalue weighted by molar-refractivity contribution is 14.0. The smallest absolute Gasteiger partial charge is 0.220 e. The molecule has 142 valence electrons. The fraction of sp³-hybridized carbons (Fsp3) is 0.667. The Morgan fingerprint density at radius 1 is 1.40 bits per heavy atom. The van der Waals surface area contributed by atoms with Crippen molar-refractivity contribution in [3.8, 4) is 0 Å². The molecule has 1 aromatic heterocycles. The first-order chi connectivity index (χ1) is 11.7. The number of thiophene rings is 1. The first kappa shape index (κ1) is 22.2. The monoisotopic (exact) mass is 478 g/mol. The van der Waals surface area contributed by atoms with Crippen molar-refractivity contribution in [2.45, 2.75) is 52.0 Å². The van der Waals surface area contributed by atoms with Crippen LogP contribution in [-0.2, 0) is 11.2 Å². The molecular formula is C18H31IN4OS. The number of aliphatic imine (C=N–C) groups is 1. The third kappa shape index (κ3) is 10.0. The van der Waals surface area contributed by atoms with Crippen LogP contribution in [0, 0.1) is 5.92 Å². The van der Waals surface area contributed by atoms with Gasteiger partial charge in [-0.3, -0.25) is 9.79 Å². The van der Waals surface area contributed by atoms with Crippen LogP contribution in [0.4, 0.5) is 0 Å². The van der Waals surface area contributed by atoms with E-state index in [1.54, 1.807) is 11.3 Å². The van der Waals surface area contributed by atoms with Crippen LogP contribution >= 0.6 is 35.3 Å². The summed E-state index contributed by atoms with van der Waals surface area (Å²) in [6.45, 7) is 6.70. The number of halogens is 1. The molecule has 1 aliphatic rings. The summed E-state index contributed by atoms with van der Waals surface area (Å²) in [6, 6.07) is 4.73. The van der Waals surface area contributed by atoms with E-state index in [-0.39, 0.29) is 29.9 Å². The lowest BCUT2D eigenvalue weighted by atomic mass is 10.1. The van der Waals surface area contributed by atoms with E-state index in [9.17, 15) is 4.79 Å². The van der Waals surface area contributed by atoms with E-state index in [1.165, 1.54) is 4.88 Å². The van der Waals surface area contributed by atoms with Crippen molar-refractivity contribution >= 4 is 47.2 Å². The van der Waals surface area contributed by atoms with Gasteiger partial charge in [-0.2, -0.15) is 0 Å². The summed E-state index contributed by atoms with van der Waals surface area (Å²) in [5, 5.41) is 11.7. The van der Waals surface area contributed by atoms with Crippen LogP contribution in [0.25, 0.3) is 0 Å². The van der Waals surface area contributed by atoms with Gasteiger partial charge >= 0.3 is 0 Å². The standard InChI is InChI=1S/C18H30N4OS.HI/c1-3-19-18(20-10-4-7-17(23)22-15-8-9-15)21-13-14(2)12-16-6-5-11-24-16;/h5-6,11,14-15H,3-4,7-10,12-13H2,1-2H3,(H,22,23)(H2,19,20,21);1H. The zero-order valence-corrected chi connectivity index (χ0v) is 18.4. The molecule has 1 atom stereocenters. The highest BCUT2D eigenvalue weighted by Gasteiger charge is 2.22.